The Kier molecular flexibility index (Phi) is 6.97. The molecule has 3 fully saturated rings. The fraction of sp³-hybridized carbons (Fsp3) is 0.933. The highest BCUT2D eigenvalue weighted by Crippen LogP contribution is 2.31. The summed E-state index contributed by atoms with van der Waals surface area (Å²) in [4.78, 5) is 7.30. The number of nitrogens with one attached hydrogen (secondary N) is 2. The molecule has 2 N–H and O–H groups in total. The standard InChI is InChI=1S/C15H28N4O2S.HI/c1-2-16-15(18-13-6-8-22(20,21)11-13)17-9-12-5-7-19(10-12)14-3-4-14;/h12-14H,2-11H2,1H3,(H2,16,17,18);1H. The molecule has 3 aliphatic rings. The molecular formula is C15H29IN4O2S. The zero-order chi connectivity index (χ0) is 15.6. The number of hydrogen-bond acceptors (Lipinski definition) is 4. The van der Waals surface area contributed by atoms with E-state index >= 15 is 0 Å². The zero-order valence-electron chi connectivity index (χ0n) is 13.8. The lowest BCUT2D eigenvalue weighted by Gasteiger charge is -2.17. The number of rotatable bonds is 5. The average Bonchev–Trinajstić information content (AvgIpc) is 3.11. The van der Waals surface area contributed by atoms with Gasteiger partial charge in [0.05, 0.1) is 11.5 Å². The number of hydrogen-bond donors (Lipinski definition) is 2. The normalized spacial score (nSPS) is 30.9. The molecule has 23 heavy (non-hydrogen) atoms. The van der Waals surface area contributed by atoms with Crippen LogP contribution in [-0.4, -0.2) is 69.0 Å². The van der Waals surface area contributed by atoms with Gasteiger partial charge in [0, 0.05) is 31.7 Å². The lowest BCUT2D eigenvalue weighted by Crippen LogP contribution is -2.44. The lowest BCUT2D eigenvalue weighted by atomic mass is 10.1. The van der Waals surface area contributed by atoms with Gasteiger partial charge in [0.2, 0.25) is 0 Å². The van der Waals surface area contributed by atoms with Gasteiger partial charge in [-0.25, -0.2) is 8.42 Å². The minimum Gasteiger partial charge on any atom is -0.357 e. The van der Waals surface area contributed by atoms with Crippen LogP contribution in [0.15, 0.2) is 4.99 Å². The molecule has 6 nitrogen and oxygen atoms in total. The number of likely N-dealkylation sites (tertiary alicyclic amines) is 1. The average molecular weight is 456 g/mol. The second-order valence-corrected chi connectivity index (χ2v) is 9.07. The van der Waals surface area contributed by atoms with E-state index in [1.54, 1.807) is 0 Å². The fourth-order valence-electron chi connectivity index (χ4n) is 3.43. The van der Waals surface area contributed by atoms with Gasteiger partial charge in [0.1, 0.15) is 0 Å². The minimum absolute atomic E-state index is 0. The summed E-state index contributed by atoms with van der Waals surface area (Å²) in [5.41, 5.74) is 0. The molecule has 134 valence electrons. The molecule has 0 bridgehead atoms. The Hall–Kier alpha value is -0.0900. The molecule has 1 saturated carbocycles. The first-order valence-electron chi connectivity index (χ1n) is 8.55. The summed E-state index contributed by atoms with van der Waals surface area (Å²) in [6, 6.07) is 0.860. The van der Waals surface area contributed by atoms with E-state index in [9.17, 15) is 8.42 Å². The molecule has 2 atom stereocenters. The molecule has 2 heterocycles. The second kappa shape index (κ2) is 8.33. The molecule has 0 aromatic rings. The van der Waals surface area contributed by atoms with Crippen LogP contribution in [0.3, 0.4) is 0 Å². The summed E-state index contributed by atoms with van der Waals surface area (Å²) in [5.74, 6) is 1.94. The predicted octanol–water partition coefficient (Wildman–Crippen LogP) is 0.831. The maximum atomic E-state index is 11.5. The van der Waals surface area contributed by atoms with E-state index in [2.05, 4.69) is 15.5 Å². The third-order valence-corrected chi connectivity index (χ3v) is 6.57. The van der Waals surface area contributed by atoms with Crippen molar-refractivity contribution in [2.45, 2.75) is 44.7 Å². The minimum atomic E-state index is -2.85. The number of sulfone groups is 1. The number of guanidine groups is 1. The van der Waals surface area contributed by atoms with Gasteiger partial charge in [-0.05, 0) is 45.1 Å². The first-order chi connectivity index (χ1) is 10.6. The number of aliphatic imine (C=N–C) groups is 1. The van der Waals surface area contributed by atoms with E-state index in [1.165, 1.54) is 32.4 Å². The van der Waals surface area contributed by atoms with Crippen molar-refractivity contribution in [2.75, 3.05) is 37.7 Å². The Morgan fingerprint density at radius 2 is 2.04 bits per heavy atom. The third-order valence-electron chi connectivity index (χ3n) is 4.81. The van der Waals surface area contributed by atoms with E-state index in [1.807, 2.05) is 6.92 Å². The monoisotopic (exact) mass is 456 g/mol. The van der Waals surface area contributed by atoms with Crippen molar-refractivity contribution < 1.29 is 8.42 Å². The molecule has 0 spiro atoms. The van der Waals surface area contributed by atoms with Crippen molar-refractivity contribution in [2.24, 2.45) is 10.9 Å². The number of nitrogens with zero attached hydrogens (tertiary/aromatic N) is 2. The Morgan fingerprint density at radius 3 is 2.65 bits per heavy atom. The summed E-state index contributed by atoms with van der Waals surface area (Å²) in [6.45, 7) is 6.05. The van der Waals surface area contributed by atoms with Gasteiger partial charge in [-0.2, -0.15) is 0 Å². The first-order valence-corrected chi connectivity index (χ1v) is 10.4. The van der Waals surface area contributed by atoms with Crippen LogP contribution in [0.4, 0.5) is 0 Å². The first kappa shape index (κ1) is 19.2. The Bertz CT molecular complexity index is 522. The Labute approximate surface area is 156 Å². The van der Waals surface area contributed by atoms with Crippen molar-refractivity contribution in [3.05, 3.63) is 0 Å². The third kappa shape index (κ3) is 5.74. The van der Waals surface area contributed by atoms with Crippen LogP contribution < -0.4 is 10.6 Å². The second-order valence-electron chi connectivity index (χ2n) is 6.84. The molecule has 8 heteroatoms. The smallest absolute Gasteiger partial charge is 0.191 e. The molecule has 2 aliphatic heterocycles. The van der Waals surface area contributed by atoms with E-state index in [0.29, 0.717) is 18.1 Å². The largest absolute Gasteiger partial charge is 0.357 e. The Balaban J connectivity index is 0.00000192. The maximum Gasteiger partial charge on any atom is 0.191 e. The van der Waals surface area contributed by atoms with Crippen molar-refractivity contribution >= 4 is 39.8 Å². The molecule has 2 saturated heterocycles. The summed E-state index contributed by atoms with van der Waals surface area (Å²) < 4.78 is 23.1. The fourth-order valence-corrected chi connectivity index (χ4v) is 5.10. The van der Waals surface area contributed by atoms with Crippen LogP contribution in [0.25, 0.3) is 0 Å². The van der Waals surface area contributed by atoms with Crippen molar-refractivity contribution in [3.8, 4) is 0 Å². The van der Waals surface area contributed by atoms with Gasteiger partial charge < -0.3 is 15.5 Å². The molecule has 1 aliphatic carbocycles. The highest BCUT2D eigenvalue weighted by atomic mass is 127. The van der Waals surface area contributed by atoms with E-state index in [0.717, 1.165) is 25.1 Å². The molecule has 0 aromatic carbocycles. The summed E-state index contributed by atoms with van der Waals surface area (Å²) in [5, 5.41) is 6.53. The summed E-state index contributed by atoms with van der Waals surface area (Å²) in [6.07, 6.45) is 4.66. The highest BCUT2D eigenvalue weighted by Gasteiger charge is 2.34. The van der Waals surface area contributed by atoms with Crippen LogP contribution in [0.2, 0.25) is 0 Å². The van der Waals surface area contributed by atoms with Crippen LogP contribution in [0.5, 0.6) is 0 Å². The maximum absolute atomic E-state index is 11.5. The quantitative estimate of drug-likeness (QED) is 0.364. The van der Waals surface area contributed by atoms with E-state index < -0.39 is 9.84 Å². The SMILES string of the molecule is CCNC(=NCC1CCN(C2CC2)C1)NC1CCS(=O)(=O)C1.I. The van der Waals surface area contributed by atoms with Crippen LogP contribution in [0.1, 0.15) is 32.6 Å². The predicted molar refractivity (Wildman–Crippen MR) is 104 cm³/mol. The molecule has 0 radical (unpaired) electrons. The Morgan fingerprint density at radius 1 is 1.26 bits per heavy atom. The van der Waals surface area contributed by atoms with Gasteiger partial charge in [-0.3, -0.25) is 4.99 Å². The summed E-state index contributed by atoms with van der Waals surface area (Å²) in [7, 11) is -2.85. The summed E-state index contributed by atoms with van der Waals surface area (Å²) >= 11 is 0. The number of halogens is 1. The van der Waals surface area contributed by atoms with Gasteiger partial charge in [-0.1, -0.05) is 0 Å². The molecule has 2 unspecified atom stereocenters. The van der Waals surface area contributed by atoms with Gasteiger partial charge in [0.15, 0.2) is 15.8 Å². The van der Waals surface area contributed by atoms with Gasteiger partial charge in [0.25, 0.3) is 0 Å². The molecule has 3 rings (SSSR count). The van der Waals surface area contributed by atoms with Crippen LogP contribution in [-0.2, 0) is 9.84 Å². The van der Waals surface area contributed by atoms with Gasteiger partial charge in [-0.15, -0.1) is 24.0 Å². The highest BCUT2D eigenvalue weighted by molar-refractivity contribution is 14.0. The van der Waals surface area contributed by atoms with Crippen molar-refractivity contribution in [1.29, 1.82) is 0 Å². The van der Waals surface area contributed by atoms with E-state index in [-0.39, 0.29) is 35.8 Å². The molecule has 0 aromatic heterocycles. The van der Waals surface area contributed by atoms with Crippen molar-refractivity contribution in [3.63, 3.8) is 0 Å². The topological polar surface area (TPSA) is 73.8 Å². The molecular weight excluding hydrogens is 427 g/mol. The van der Waals surface area contributed by atoms with Gasteiger partial charge >= 0.3 is 0 Å². The van der Waals surface area contributed by atoms with Crippen molar-refractivity contribution in [1.82, 2.24) is 15.5 Å². The van der Waals surface area contributed by atoms with Crippen LogP contribution in [0, 0.1) is 5.92 Å². The zero-order valence-corrected chi connectivity index (χ0v) is 17.0. The van der Waals surface area contributed by atoms with E-state index in [4.69, 9.17) is 4.99 Å². The molecule has 0 amide bonds. The van der Waals surface area contributed by atoms with Crippen LogP contribution >= 0.6 is 24.0 Å². The lowest BCUT2D eigenvalue weighted by molar-refractivity contribution is 0.315.